The smallest absolute Gasteiger partial charge is 0.0952 e. The molecule has 0 spiro atoms. The van der Waals surface area contributed by atoms with E-state index < -0.39 is 0 Å². The van der Waals surface area contributed by atoms with Crippen molar-refractivity contribution < 1.29 is 0 Å². The Bertz CT molecular complexity index is 728. The van der Waals surface area contributed by atoms with Crippen LogP contribution in [0.15, 0.2) is 36.5 Å². The number of fused-ring (bicyclic) bond motifs is 1. The summed E-state index contributed by atoms with van der Waals surface area (Å²) < 4.78 is 1.93. The van der Waals surface area contributed by atoms with Gasteiger partial charge in [-0.1, -0.05) is 12.1 Å². The molecule has 1 aromatic carbocycles. The van der Waals surface area contributed by atoms with Crippen molar-refractivity contribution in [3.05, 3.63) is 47.9 Å². The molecule has 4 nitrogen and oxygen atoms in total. The van der Waals surface area contributed by atoms with Crippen LogP contribution in [0.2, 0.25) is 0 Å². The summed E-state index contributed by atoms with van der Waals surface area (Å²) in [6, 6.07) is 9.83. The SMILES string of the molecule is Cc1cc(C)n(-c2ccnc3c(N)cccc23)n1. The van der Waals surface area contributed by atoms with Gasteiger partial charge in [-0.15, -0.1) is 0 Å². The lowest BCUT2D eigenvalue weighted by Crippen LogP contribution is -2.01. The number of benzene rings is 1. The molecule has 0 aliphatic rings. The van der Waals surface area contributed by atoms with E-state index in [9.17, 15) is 0 Å². The molecule has 2 heterocycles. The first-order valence-electron chi connectivity index (χ1n) is 5.83. The van der Waals surface area contributed by atoms with E-state index in [1.165, 1.54) is 0 Å². The zero-order valence-electron chi connectivity index (χ0n) is 10.4. The third-order valence-corrected chi connectivity index (χ3v) is 3.02. The van der Waals surface area contributed by atoms with Crippen molar-refractivity contribution >= 4 is 16.6 Å². The van der Waals surface area contributed by atoms with Crippen LogP contribution in [0.5, 0.6) is 0 Å². The number of rotatable bonds is 1. The Kier molecular flexibility index (Phi) is 2.30. The zero-order valence-corrected chi connectivity index (χ0v) is 10.4. The first-order valence-corrected chi connectivity index (χ1v) is 5.83. The quantitative estimate of drug-likeness (QED) is 0.663. The van der Waals surface area contributed by atoms with Gasteiger partial charge in [0.05, 0.1) is 22.6 Å². The molecule has 0 radical (unpaired) electrons. The molecular formula is C14H14N4. The predicted octanol–water partition coefficient (Wildman–Crippen LogP) is 2.62. The monoisotopic (exact) mass is 238 g/mol. The molecule has 3 rings (SSSR count). The van der Waals surface area contributed by atoms with E-state index in [4.69, 9.17) is 5.73 Å². The summed E-state index contributed by atoms with van der Waals surface area (Å²) in [5.41, 5.74) is 10.6. The Hall–Kier alpha value is -2.36. The second kappa shape index (κ2) is 3.84. The number of anilines is 1. The van der Waals surface area contributed by atoms with Gasteiger partial charge in [-0.2, -0.15) is 5.10 Å². The number of para-hydroxylation sites is 1. The second-order valence-corrected chi connectivity index (χ2v) is 4.41. The first-order chi connectivity index (χ1) is 8.66. The van der Waals surface area contributed by atoms with Crippen LogP contribution in [0.3, 0.4) is 0 Å². The van der Waals surface area contributed by atoms with Gasteiger partial charge in [-0.3, -0.25) is 4.98 Å². The second-order valence-electron chi connectivity index (χ2n) is 4.41. The van der Waals surface area contributed by atoms with Crippen LogP contribution in [0.25, 0.3) is 16.6 Å². The summed E-state index contributed by atoms with van der Waals surface area (Å²) in [6.45, 7) is 4.03. The Balaban J connectivity index is 2.36. The number of pyridine rings is 1. The van der Waals surface area contributed by atoms with Crippen LogP contribution in [-0.2, 0) is 0 Å². The van der Waals surface area contributed by atoms with Gasteiger partial charge in [0.25, 0.3) is 0 Å². The van der Waals surface area contributed by atoms with Crippen molar-refractivity contribution in [2.45, 2.75) is 13.8 Å². The van der Waals surface area contributed by atoms with Crippen molar-refractivity contribution in [3.8, 4) is 5.69 Å². The Morgan fingerprint density at radius 1 is 1.17 bits per heavy atom. The summed E-state index contributed by atoms with van der Waals surface area (Å²) >= 11 is 0. The van der Waals surface area contributed by atoms with Gasteiger partial charge in [0.2, 0.25) is 0 Å². The van der Waals surface area contributed by atoms with Crippen molar-refractivity contribution in [1.82, 2.24) is 14.8 Å². The van der Waals surface area contributed by atoms with Crippen molar-refractivity contribution in [2.75, 3.05) is 5.73 Å². The number of aryl methyl sites for hydroxylation is 2. The van der Waals surface area contributed by atoms with Crippen LogP contribution in [0, 0.1) is 13.8 Å². The maximum absolute atomic E-state index is 5.95. The number of nitrogen functional groups attached to an aromatic ring is 1. The van der Waals surface area contributed by atoms with Gasteiger partial charge in [-0.25, -0.2) is 4.68 Å². The summed E-state index contributed by atoms with van der Waals surface area (Å²) in [7, 11) is 0. The first kappa shape index (κ1) is 10.8. The van der Waals surface area contributed by atoms with Gasteiger partial charge in [0, 0.05) is 17.3 Å². The normalized spacial score (nSPS) is 11.0. The minimum atomic E-state index is 0.691. The molecule has 0 unspecified atom stereocenters. The maximum Gasteiger partial charge on any atom is 0.0952 e. The van der Waals surface area contributed by atoms with E-state index in [1.807, 2.05) is 42.8 Å². The van der Waals surface area contributed by atoms with Gasteiger partial charge in [-0.05, 0) is 32.0 Å². The molecule has 4 heteroatoms. The van der Waals surface area contributed by atoms with Gasteiger partial charge in [0.15, 0.2) is 0 Å². The highest BCUT2D eigenvalue weighted by Gasteiger charge is 2.09. The van der Waals surface area contributed by atoms with Crippen LogP contribution < -0.4 is 5.73 Å². The molecule has 18 heavy (non-hydrogen) atoms. The molecule has 0 bridgehead atoms. The van der Waals surface area contributed by atoms with E-state index >= 15 is 0 Å². The van der Waals surface area contributed by atoms with Crippen LogP contribution >= 0.6 is 0 Å². The molecule has 0 aliphatic heterocycles. The van der Waals surface area contributed by atoms with Crippen molar-refractivity contribution in [3.63, 3.8) is 0 Å². The standard InChI is InChI=1S/C14H14N4/c1-9-8-10(2)18(17-9)13-6-7-16-14-11(13)4-3-5-12(14)15/h3-8H,15H2,1-2H3. The van der Waals surface area contributed by atoms with Crippen molar-refractivity contribution in [1.29, 1.82) is 0 Å². The fraction of sp³-hybridized carbons (Fsp3) is 0.143. The molecule has 0 saturated heterocycles. The molecule has 2 aromatic heterocycles. The number of hydrogen-bond acceptors (Lipinski definition) is 3. The van der Waals surface area contributed by atoms with Gasteiger partial charge >= 0.3 is 0 Å². The molecule has 3 aromatic rings. The number of aromatic nitrogens is 3. The van der Waals surface area contributed by atoms with E-state index in [-0.39, 0.29) is 0 Å². The van der Waals surface area contributed by atoms with Gasteiger partial charge in [0.1, 0.15) is 0 Å². The molecule has 0 saturated carbocycles. The predicted molar refractivity (Wildman–Crippen MR) is 72.8 cm³/mol. The molecule has 90 valence electrons. The summed E-state index contributed by atoms with van der Waals surface area (Å²) in [4.78, 5) is 4.34. The summed E-state index contributed by atoms with van der Waals surface area (Å²) in [6.07, 6.45) is 1.77. The van der Waals surface area contributed by atoms with Crippen LogP contribution in [-0.4, -0.2) is 14.8 Å². The number of nitrogens with zero attached hydrogens (tertiary/aromatic N) is 3. The molecule has 0 amide bonds. The highest BCUT2D eigenvalue weighted by molar-refractivity contribution is 5.94. The topological polar surface area (TPSA) is 56.7 Å². The molecule has 2 N–H and O–H groups in total. The van der Waals surface area contributed by atoms with Crippen LogP contribution in [0.1, 0.15) is 11.4 Å². The molecule has 0 aliphatic carbocycles. The maximum atomic E-state index is 5.95. The van der Waals surface area contributed by atoms with Crippen molar-refractivity contribution in [2.24, 2.45) is 0 Å². The number of nitrogens with two attached hydrogens (primary N) is 1. The average molecular weight is 238 g/mol. The van der Waals surface area contributed by atoms with Crippen LogP contribution in [0.4, 0.5) is 5.69 Å². The number of hydrogen-bond donors (Lipinski definition) is 1. The van der Waals surface area contributed by atoms with E-state index in [0.717, 1.165) is 28.0 Å². The Labute approximate surface area is 105 Å². The lowest BCUT2D eigenvalue weighted by Gasteiger charge is -2.09. The lowest BCUT2D eigenvalue weighted by atomic mass is 10.1. The third kappa shape index (κ3) is 1.54. The zero-order chi connectivity index (χ0) is 12.7. The average Bonchev–Trinajstić information content (AvgIpc) is 2.68. The third-order valence-electron chi connectivity index (χ3n) is 3.02. The van der Waals surface area contributed by atoms with Gasteiger partial charge < -0.3 is 5.73 Å². The molecule has 0 fully saturated rings. The van der Waals surface area contributed by atoms with E-state index in [2.05, 4.69) is 16.1 Å². The fourth-order valence-electron chi connectivity index (χ4n) is 2.24. The Morgan fingerprint density at radius 3 is 2.72 bits per heavy atom. The molecular weight excluding hydrogens is 224 g/mol. The van der Waals surface area contributed by atoms with E-state index in [1.54, 1.807) is 6.20 Å². The summed E-state index contributed by atoms with van der Waals surface area (Å²) in [5, 5.41) is 5.53. The minimum Gasteiger partial charge on any atom is -0.397 e. The summed E-state index contributed by atoms with van der Waals surface area (Å²) in [5.74, 6) is 0. The highest BCUT2D eigenvalue weighted by Crippen LogP contribution is 2.25. The highest BCUT2D eigenvalue weighted by atomic mass is 15.3. The fourth-order valence-corrected chi connectivity index (χ4v) is 2.24. The van der Waals surface area contributed by atoms with E-state index in [0.29, 0.717) is 5.69 Å². The lowest BCUT2D eigenvalue weighted by molar-refractivity contribution is 0.838. The Morgan fingerprint density at radius 2 is 2.00 bits per heavy atom. The minimum absolute atomic E-state index is 0.691. The molecule has 0 atom stereocenters. The largest absolute Gasteiger partial charge is 0.397 e.